The third-order valence-corrected chi connectivity index (χ3v) is 2.43. The summed E-state index contributed by atoms with van der Waals surface area (Å²) in [5, 5.41) is 25.0. The molecule has 1 aromatic heterocycles. The summed E-state index contributed by atoms with van der Waals surface area (Å²) >= 11 is 0. The second kappa shape index (κ2) is 7.04. The second-order valence-electron chi connectivity index (χ2n) is 4.31. The summed E-state index contributed by atoms with van der Waals surface area (Å²) in [4.78, 5) is 25.1. The minimum Gasteiger partial charge on any atom is -0.368 e. The van der Waals surface area contributed by atoms with Crippen LogP contribution < -0.4 is 10.6 Å². The van der Waals surface area contributed by atoms with Crippen LogP contribution in [-0.2, 0) is 4.79 Å². The standard InChI is InChI=1S/C12H15N5O3/c1-8(2)12(18)15-6-5-14-11-4-3-10(17(19)20)9(7-13)16-11/h3-4,8H,5-6H2,1-2H3,(H,14,16)(H,15,18). The molecule has 0 atom stereocenters. The van der Waals surface area contributed by atoms with E-state index in [0.29, 0.717) is 18.9 Å². The number of carbonyl (C=O) groups excluding carboxylic acids is 1. The maximum Gasteiger partial charge on any atom is 0.305 e. The van der Waals surface area contributed by atoms with Crippen LogP contribution in [0.3, 0.4) is 0 Å². The maximum absolute atomic E-state index is 11.3. The number of nitriles is 1. The summed E-state index contributed by atoms with van der Waals surface area (Å²) in [6.07, 6.45) is 0. The molecule has 0 aliphatic heterocycles. The van der Waals surface area contributed by atoms with Gasteiger partial charge < -0.3 is 10.6 Å². The van der Waals surface area contributed by atoms with Crippen LogP contribution in [0, 0.1) is 27.4 Å². The topological polar surface area (TPSA) is 121 Å². The first-order valence-electron chi connectivity index (χ1n) is 6.02. The largest absolute Gasteiger partial charge is 0.368 e. The number of nitro groups is 1. The van der Waals surface area contributed by atoms with Crippen molar-refractivity contribution in [2.45, 2.75) is 13.8 Å². The lowest BCUT2D eigenvalue weighted by atomic mass is 10.2. The fourth-order valence-corrected chi connectivity index (χ4v) is 1.36. The van der Waals surface area contributed by atoms with Crippen LogP contribution in [0.5, 0.6) is 0 Å². The van der Waals surface area contributed by atoms with Crippen molar-refractivity contribution in [1.82, 2.24) is 10.3 Å². The average Bonchev–Trinajstić information content (AvgIpc) is 2.42. The number of hydrogen-bond donors (Lipinski definition) is 2. The molecule has 0 saturated carbocycles. The van der Waals surface area contributed by atoms with Crippen molar-refractivity contribution < 1.29 is 9.72 Å². The number of carbonyl (C=O) groups is 1. The number of nitrogens with one attached hydrogen (secondary N) is 2. The fourth-order valence-electron chi connectivity index (χ4n) is 1.36. The highest BCUT2D eigenvalue weighted by molar-refractivity contribution is 5.77. The normalized spacial score (nSPS) is 9.90. The van der Waals surface area contributed by atoms with E-state index < -0.39 is 4.92 Å². The zero-order chi connectivity index (χ0) is 15.1. The Bertz CT molecular complexity index is 551. The van der Waals surface area contributed by atoms with E-state index in [1.54, 1.807) is 19.9 Å². The van der Waals surface area contributed by atoms with Crippen LogP contribution in [-0.4, -0.2) is 28.9 Å². The highest BCUT2D eigenvalue weighted by Crippen LogP contribution is 2.17. The number of aromatic nitrogens is 1. The molecule has 0 spiro atoms. The Morgan fingerprint density at radius 1 is 1.50 bits per heavy atom. The lowest BCUT2D eigenvalue weighted by Gasteiger charge is -2.09. The van der Waals surface area contributed by atoms with Crippen molar-refractivity contribution in [2.75, 3.05) is 18.4 Å². The van der Waals surface area contributed by atoms with Gasteiger partial charge in [0.2, 0.25) is 11.6 Å². The molecule has 0 saturated heterocycles. The summed E-state index contributed by atoms with van der Waals surface area (Å²) in [5.41, 5.74) is -0.572. The summed E-state index contributed by atoms with van der Waals surface area (Å²) in [7, 11) is 0. The molecular formula is C12H15N5O3. The van der Waals surface area contributed by atoms with Gasteiger partial charge in [0, 0.05) is 25.1 Å². The number of pyridine rings is 1. The lowest BCUT2D eigenvalue weighted by molar-refractivity contribution is -0.385. The number of nitrogens with zero attached hydrogens (tertiary/aromatic N) is 3. The van der Waals surface area contributed by atoms with E-state index in [4.69, 9.17) is 5.26 Å². The second-order valence-corrected chi connectivity index (χ2v) is 4.31. The van der Waals surface area contributed by atoms with Crippen molar-refractivity contribution in [2.24, 2.45) is 5.92 Å². The van der Waals surface area contributed by atoms with Gasteiger partial charge in [0.25, 0.3) is 0 Å². The molecular weight excluding hydrogens is 262 g/mol. The van der Waals surface area contributed by atoms with Crippen molar-refractivity contribution in [3.05, 3.63) is 27.9 Å². The quantitative estimate of drug-likeness (QED) is 0.455. The predicted octanol–water partition coefficient (Wildman–Crippen LogP) is 1.05. The molecule has 1 rings (SSSR count). The van der Waals surface area contributed by atoms with Gasteiger partial charge in [-0.2, -0.15) is 5.26 Å². The van der Waals surface area contributed by atoms with Crippen LogP contribution in [0.1, 0.15) is 19.5 Å². The molecule has 0 aliphatic rings. The highest BCUT2D eigenvalue weighted by atomic mass is 16.6. The number of hydrogen-bond acceptors (Lipinski definition) is 6. The molecule has 8 heteroatoms. The summed E-state index contributed by atoms with van der Waals surface area (Å²) in [6, 6.07) is 4.32. The highest BCUT2D eigenvalue weighted by Gasteiger charge is 2.15. The fraction of sp³-hybridized carbons (Fsp3) is 0.417. The Labute approximate surface area is 116 Å². The molecule has 1 heterocycles. The lowest BCUT2D eigenvalue weighted by Crippen LogP contribution is -2.32. The zero-order valence-electron chi connectivity index (χ0n) is 11.2. The molecule has 0 unspecified atom stereocenters. The zero-order valence-corrected chi connectivity index (χ0v) is 11.2. The van der Waals surface area contributed by atoms with Gasteiger partial charge in [0.15, 0.2) is 0 Å². The number of anilines is 1. The summed E-state index contributed by atoms with van der Waals surface area (Å²) < 4.78 is 0. The van der Waals surface area contributed by atoms with Gasteiger partial charge in [-0.3, -0.25) is 14.9 Å². The van der Waals surface area contributed by atoms with Crippen molar-refractivity contribution in [3.63, 3.8) is 0 Å². The minimum absolute atomic E-state index is 0.0545. The maximum atomic E-state index is 11.3. The van der Waals surface area contributed by atoms with Gasteiger partial charge in [-0.05, 0) is 6.07 Å². The molecule has 106 valence electrons. The van der Waals surface area contributed by atoms with Gasteiger partial charge in [-0.15, -0.1) is 0 Å². The average molecular weight is 277 g/mol. The van der Waals surface area contributed by atoms with Crippen molar-refractivity contribution in [3.8, 4) is 6.07 Å². The molecule has 0 fully saturated rings. The van der Waals surface area contributed by atoms with Crippen LogP contribution in [0.4, 0.5) is 11.5 Å². The van der Waals surface area contributed by atoms with Gasteiger partial charge >= 0.3 is 5.69 Å². The molecule has 20 heavy (non-hydrogen) atoms. The first kappa shape index (κ1) is 15.4. The van der Waals surface area contributed by atoms with Gasteiger partial charge in [0.05, 0.1) is 4.92 Å². The monoisotopic (exact) mass is 277 g/mol. The molecule has 1 amide bonds. The molecule has 8 nitrogen and oxygen atoms in total. The number of rotatable bonds is 6. The third kappa shape index (κ3) is 4.20. The van der Waals surface area contributed by atoms with Crippen LogP contribution in [0.15, 0.2) is 12.1 Å². The van der Waals surface area contributed by atoms with Crippen LogP contribution in [0.25, 0.3) is 0 Å². The molecule has 1 aromatic rings. The third-order valence-electron chi connectivity index (χ3n) is 2.43. The Hall–Kier alpha value is -2.69. The van der Waals surface area contributed by atoms with E-state index in [0.717, 1.165) is 0 Å². The van der Waals surface area contributed by atoms with Crippen LogP contribution >= 0.6 is 0 Å². The van der Waals surface area contributed by atoms with E-state index in [1.165, 1.54) is 12.1 Å². The van der Waals surface area contributed by atoms with Crippen molar-refractivity contribution in [1.29, 1.82) is 5.26 Å². The first-order chi connectivity index (χ1) is 9.45. The van der Waals surface area contributed by atoms with Crippen molar-refractivity contribution >= 4 is 17.4 Å². The Balaban J connectivity index is 2.56. The van der Waals surface area contributed by atoms with Crippen LogP contribution in [0.2, 0.25) is 0 Å². The SMILES string of the molecule is CC(C)C(=O)NCCNc1ccc([N+](=O)[O-])c(C#N)n1. The number of amides is 1. The molecule has 0 aromatic carbocycles. The smallest absolute Gasteiger partial charge is 0.305 e. The molecule has 0 bridgehead atoms. The van der Waals surface area contributed by atoms with Gasteiger partial charge in [-0.25, -0.2) is 4.98 Å². The Morgan fingerprint density at radius 3 is 2.75 bits per heavy atom. The molecule has 0 radical (unpaired) electrons. The Morgan fingerprint density at radius 2 is 2.20 bits per heavy atom. The first-order valence-corrected chi connectivity index (χ1v) is 6.02. The van der Waals surface area contributed by atoms with E-state index in [1.807, 2.05) is 0 Å². The van der Waals surface area contributed by atoms with Gasteiger partial charge in [-0.1, -0.05) is 13.8 Å². The van der Waals surface area contributed by atoms with E-state index in [9.17, 15) is 14.9 Å². The Kier molecular flexibility index (Phi) is 5.41. The minimum atomic E-state index is -0.655. The molecule has 0 aliphatic carbocycles. The molecule has 2 N–H and O–H groups in total. The van der Waals surface area contributed by atoms with E-state index >= 15 is 0 Å². The van der Waals surface area contributed by atoms with Gasteiger partial charge in [0.1, 0.15) is 11.9 Å². The predicted molar refractivity (Wildman–Crippen MR) is 71.9 cm³/mol. The van der Waals surface area contributed by atoms with E-state index in [-0.39, 0.29) is 23.2 Å². The summed E-state index contributed by atoms with van der Waals surface area (Å²) in [5.74, 6) is 0.213. The summed E-state index contributed by atoms with van der Waals surface area (Å²) in [6.45, 7) is 4.39. The van der Waals surface area contributed by atoms with E-state index in [2.05, 4.69) is 15.6 Å².